The third-order valence-corrected chi connectivity index (χ3v) is 6.39. The lowest BCUT2D eigenvalue weighted by molar-refractivity contribution is -0.121. The predicted octanol–water partition coefficient (Wildman–Crippen LogP) is 3.10. The SMILES string of the molecule is O=C(CCCCC1CCSS1)NCCCn1ccnc1. The van der Waals surface area contributed by atoms with E-state index in [4.69, 9.17) is 0 Å². The van der Waals surface area contributed by atoms with Crippen molar-refractivity contribution in [2.24, 2.45) is 0 Å². The van der Waals surface area contributed by atoms with Crippen molar-refractivity contribution in [3.63, 3.8) is 0 Å². The molecular formula is C14H23N3OS2. The Labute approximate surface area is 128 Å². The molecule has 1 aromatic heterocycles. The molecule has 1 aliphatic rings. The summed E-state index contributed by atoms with van der Waals surface area (Å²) >= 11 is 0. The van der Waals surface area contributed by atoms with Gasteiger partial charge in [0, 0.05) is 42.9 Å². The summed E-state index contributed by atoms with van der Waals surface area (Å²) in [6.45, 7) is 1.67. The number of nitrogens with one attached hydrogen (secondary N) is 1. The molecular weight excluding hydrogens is 290 g/mol. The van der Waals surface area contributed by atoms with Gasteiger partial charge in [-0.3, -0.25) is 4.79 Å². The molecule has 112 valence electrons. The van der Waals surface area contributed by atoms with Crippen molar-refractivity contribution in [3.8, 4) is 0 Å². The number of carbonyl (C=O) groups is 1. The molecule has 20 heavy (non-hydrogen) atoms. The maximum absolute atomic E-state index is 11.7. The van der Waals surface area contributed by atoms with Gasteiger partial charge >= 0.3 is 0 Å². The molecule has 1 unspecified atom stereocenters. The minimum Gasteiger partial charge on any atom is -0.356 e. The van der Waals surface area contributed by atoms with Crippen molar-refractivity contribution >= 4 is 27.5 Å². The molecule has 1 aliphatic heterocycles. The summed E-state index contributed by atoms with van der Waals surface area (Å²) in [7, 11) is 4.02. The lowest BCUT2D eigenvalue weighted by atomic mass is 10.1. The second kappa shape index (κ2) is 9.34. The number of rotatable bonds is 9. The summed E-state index contributed by atoms with van der Waals surface area (Å²) in [5, 5.41) is 3.82. The van der Waals surface area contributed by atoms with Gasteiger partial charge in [0.1, 0.15) is 0 Å². The van der Waals surface area contributed by atoms with Crippen molar-refractivity contribution in [2.75, 3.05) is 12.3 Å². The van der Waals surface area contributed by atoms with Gasteiger partial charge in [0.05, 0.1) is 6.33 Å². The fourth-order valence-electron chi connectivity index (χ4n) is 2.22. The van der Waals surface area contributed by atoms with Crippen LogP contribution >= 0.6 is 21.6 Å². The topological polar surface area (TPSA) is 46.9 Å². The maximum Gasteiger partial charge on any atom is 0.219 e. The number of imidazole rings is 1. The molecule has 1 N–H and O–H groups in total. The van der Waals surface area contributed by atoms with Crippen molar-refractivity contribution < 1.29 is 4.79 Å². The second-order valence-corrected chi connectivity index (χ2v) is 7.87. The first-order chi connectivity index (χ1) is 9.84. The molecule has 1 saturated heterocycles. The van der Waals surface area contributed by atoms with E-state index in [1.54, 1.807) is 12.5 Å². The van der Waals surface area contributed by atoms with Crippen molar-refractivity contribution in [2.45, 2.75) is 50.3 Å². The Morgan fingerprint density at radius 2 is 2.35 bits per heavy atom. The molecule has 2 heterocycles. The van der Waals surface area contributed by atoms with Gasteiger partial charge in [-0.2, -0.15) is 0 Å². The average molecular weight is 313 g/mol. The van der Waals surface area contributed by atoms with Gasteiger partial charge in [-0.1, -0.05) is 28.0 Å². The number of aryl methyl sites for hydroxylation is 1. The van der Waals surface area contributed by atoms with Crippen LogP contribution in [0, 0.1) is 0 Å². The number of carbonyl (C=O) groups excluding carboxylic acids is 1. The molecule has 1 atom stereocenters. The fourth-order valence-corrected chi connectivity index (χ4v) is 5.25. The Kier molecular flexibility index (Phi) is 7.36. The van der Waals surface area contributed by atoms with E-state index in [9.17, 15) is 4.79 Å². The van der Waals surface area contributed by atoms with Crippen LogP contribution in [0.1, 0.15) is 38.5 Å². The molecule has 4 nitrogen and oxygen atoms in total. The smallest absolute Gasteiger partial charge is 0.219 e. The molecule has 0 bridgehead atoms. The zero-order valence-corrected chi connectivity index (χ0v) is 13.4. The molecule has 0 radical (unpaired) electrons. The number of nitrogens with zero attached hydrogens (tertiary/aromatic N) is 2. The van der Waals surface area contributed by atoms with Gasteiger partial charge in [0.15, 0.2) is 0 Å². The normalized spacial score (nSPS) is 18.3. The van der Waals surface area contributed by atoms with Gasteiger partial charge in [-0.25, -0.2) is 4.98 Å². The molecule has 6 heteroatoms. The first-order valence-electron chi connectivity index (χ1n) is 7.35. The van der Waals surface area contributed by atoms with E-state index >= 15 is 0 Å². The van der Waals surface area contributed by atoms with E-state index in [1.807, 2.05) is 32.4 Å². The first kappa shape index (κ1) is 15.8. The van der Waals surface area contributed by atoms with Crippen molar-refractivity contribution in [3.05, 3.63) is 18.7 Å². The second-order valence-electron chi connectivity index (χ2n) is 5.08. The van der Waals surface area contributed by atoms with E-state index in [0.29, 0.717) is 6.42 Å². The van der Waals surface area contributed by atoms with E-state index < -0.39 is 0 Å². The number of unbranched alkanes of at least 4 members (excludes halogenated alkanes) is 1. The highest BCUT2D eigenvalue weighted by atomic mass is 33.1. The van der Waals surface area contributed by atoms with Crippen LogP contribution in [-0.2, 0) is 11.3 Å². The minimum absolute atomic E-state index is 0.198. The van der Waals surface area contributed by atoms with Crippen LogP contribution < -0.4 is 5.32 Å². The molecule has 0 saturated carbocycles. The van der Waals surface area contributed by atoms with Gasteiger partial charge in [-0.05, 0) is 25.7 Å². The highest BCUT2D eigenvalue weighted by molar-refractivity contribution is 8.77. The number of hydrogen-bond acceptors (Lipinski definition) is 4. The maximum atomic E-state index is 11.7. The zero-order chi connectivity index (χ0) is 14.0. The number of hydrogen-bond donors (Lipinski definition) is 1. The Bertz CT molecular complexity index is 378. The van der Waals surface area contributed by atoms with Crippen LogP contribution in [0.25, 0.3) is 0 Å². The Morgan fingerprint density at radius 3 is 3.10 bits per heavy atom. The van der Waals surface area contributed by atoms with Gasteiger partial charge in [-0.15, -0.1) is 0 Å². The fraction of sp³-hybridized carbons (Fsp3) is 0.714. The van der Waals surface area contributed by atoms with Crippen LogP contribution in [0.3, 0.4) is 0 Å². The minimum atomic E-state index is 0.198. The molecule has 1 fully saturated rings. The summed E-state index contributed by atoms with van der Waals surface area (Å²) in [5.74, 6) is 1.50. The average Bonchev–Trinajstić information content (AvgIpc) is 3.13. The first-order valence-corrected chi connectivity index (χ1v) is 9.73. The standard InChI is InChI=1S/C14H23N3OS2/c18-14(5-2-1-4-13-6-11-19-20-13)16-7-3-9-17-10-8-15-12-17/h8,10,12-13H,1-7,9,11H2,(H,16,18). The third-order valence-electron chi connectivity index (χ3n) is 3.38. The summed E-state index contributed by atoms with van der Waals surface area (Å²) in [5.41, 5.74) is 0. The molecule has 0 aromatic carbocycles. The Morgan fingerprint density at radius 1 is 1.40 bits per heavy atom. The Hall–Kier alpha value is -0.620. The van der Waals surface area contributed by atoms with Crippen LogP contribution in [-0.4, -0.2) is 33.0 Å². The number of amides is 1. The quantitative estimate of drug-likeness (QED) is 0.562. The highest BCUT2D eigenvalue weighted by Crippen LogP contribution is 2.39. The summed E-state index contributed by atoms with van der Waals surface area (Å²) < 4.78 is 2.03. The largest absolute Gasteiger partial charge is 0.356 e. The van der Waals surface area contributed by atoms with Crippen LogP contribution in [0.2, 0.25) is 0 Å². The predicted molar refractivity (Wildman–Crippen MR) is 86.8 cm³/mol. The molecule has 1 amide bonds. The molecule has 0 aliphatic carbocycles. The van der Waals surface area contributed by atoms with E-state index in [0.717, 1.165) is 31.2 Å². The van der Waals surface area contributed by atoms with Gasteiger partial charge in [0.25, 0.3) is 0 Å². The van der Waals surface area contributed by atoms with Crippen molar-refractivity contribution in [1.29, 1.82) is 0 Å². The molecule has 2 rings (SSSR count). The lowest BCUT2D eigenvalue weighted by Gasteiger charge is -2.07. The van der Waals surface area contributed by atoms with Crippen LogP contribution in [0.4, 0.5) is 0 Å². The van der Waals surface area contributed by atoms with Crippen LogP contribution in [0.5, 0.6) is 0 Å². The molecule has 0 spiro atoms. The Balaban J connectivity index is 1.42. The van der Waals surface area contributed by atoms with E-state index in [2.05, 4.69) is 10.3 Å². The van der Waals surface area contributed by atoms with Crippen LogP contribution in [0.15, 0.2) is 18.7 Å². The van der Waals surface area contributed by atoms with E-state index in [-0.39, 0.29) is 5.91 Å². The third kappa shape index (κ3) is 6.22. The van der Waals surface area contributed by atoms with E-state index in [1.165, 1.54) is 25.0 Å². The number of aromatic nitrogens is 2. The zero-order valence-electron chi connectivity index (χ0n) is 11.8. The van der Waals surface area contributed by atoms with Gasteiger partial charge < -0.3 is 9.88 Å². The lowest BCUT2D eigenvalue weighted by Crippen LogP contribution is -2.24. The monoisotopic (exact) mass is 313 g/mol. The molecule has 1 aromatic rings. The summed E-state index contributed by atoms with van der Waals surface area (Å²) in [6.07, 6.45) is 12.0. The van der Waals surface area contributed by atoms with Crippen molar-refractivity contribution in [1.82, 2.24) is 14.9 Å². The van der Waals surface area contributed by atoms with Gasteiger partial charge in [0.2, 0.25) is 5.91 Å². The summed E-state index contributed by atoms with van der Waals surface area (Å²) in [6, 6.07) is 0. The highest BCUT2D eigenvalue weighted by Gasteiger charge is 2.15. The summed E-state index contributed by atoms with van der Waals surface area (Å²) in [4.78, 5) is 15.7.